The highest BCUT2D eigenvalue weighted by molar-refractivity contribution is 5.31. The number of hydrogen-bond acceptors (Lipinski definition) is 3. The molecule has 1 aliphatic carbocycles. The van der Waals surface area contributed by atoms with Crippen molar-refractivity contribution in [2.45, 2.75) is 18.4 Å². The first-order chi connectivity index (χ1) is 7.62. The van der Waals surface area contributed by atoms with Crippen LogP contribution in [0.15, 0.2) is 54.0 Å². The Balaban J connectivity index is 2.27. The summed E-state index contributed by atoms with van der Waals surface area (Å²) in [4.78, 5) is 0. The maximum Gasteiger partial charge on any atom is 0.166 e. The molecule has 0 aromatic heterocycles. The average molecular weight is 218 g/mol. The lowest BCUT2D eigenvalue weighted by Crippen LogP contribution is -2.34. The Morgan fingerprint density at radius 1 is 1.12 bits per heavy atom. The van der Waals surface area contributed by atoms with Crippen molar-refractivity contribution in [3.05, 3.63) is 59.6 Å². The highest BCUT2D eigenvalue weighted by atomic mass is 16.3. The second-order valence-electron chi connectivity index (χ2n) is 3.99. The predicted octanol–water partition coefficient (Wildman–Crippen LogP) is 2.25. The molecular weight excluding hydrogens is 204 g/mol. The van der Waals surface area contributed by atoms with E-state index in [9.17, 15) is 15.3 Å². The van der Waals surface area contributed by atoms with Crippen LogP contribution >= 0.6 is 0 Å². The van der Waals surface area contributed by atoms with Crippen LogP contribution in [0.3, 0.4) is 0 Å². The van der Waals surface area contributed by atoms with E-state index >= 15 is 0 Å². The summed E-state index contributed by atoms with van der Waals surface area (Å²) in [7, 11) is 0. The van der Waals surface area contributed by atoms with Crippen LogP contribution in [-0.2, 0) is 6.42 Å². The van der Waals surface area contributed by atoms with Gasteiger partial charge in [0.2, 0.25) is 0 Å². The van der Waals surface area contributed by atoms with Crippen molar-refractivity contribution in [3.8, 4) is 0 Å². The third kappa shape index (κ3) is 1.95. The van der Waals surface area contributed by atoms with E-state index in [2.05, 4.69) is 0 Å². The fourth-order valence-corrected chi connectivity index (χ4v) is 1.84. The van der Waals surface area contributed by atoms with Crippen LogP contribution in [0, 0.1) is 0 Å². The quantitative estimate of drug-likeness (QED) is 0.667. The molecule has 1 atom stereocenters. The summed E-state index contributed by atoms with van der Waals surface area (Å²) in [5.41, 5.74) is -0.583. The molecule has 1 aromatic rings. The Morgan fingerprint density at radius 2 is 1.81 bits per heavy atom. The number of hydrogen-bond donors (Lipinski definition) is 3. The van der Waals surface area contributed by atoms with E-state index in [0.717, 1.165) is 5.56 Å². The topological polar surface area (TPSA) is 60.7 Å². The van der Waals surface area contributed by atoms with Crippen LogP contribution < -0.4 is 0 Å². The van der Waals surface area contributed by atoms with Crippen LogP contribution in [0.2, 0.25) is 0 Å². The van der Waals surface area contributed by atoms with E-state index in [1.54, 1.807) is 6.08 Å². The minimum absolute atomic E-state index is 0.166. The zero-order chi connectivity index (χ0) is 11.6. The minimum Gasteiger partial charge on any atom is -0.508 e. The zero-order valence-corrected chi connectivity index (χ0v) is 8.80. The summed E-state index contributed by atoms with van der Waals surface area (Å²) in [6.45, 7) is 0. The number of aliphatic hydroxyl groups excluding tert-OH is 2. The van der Waals surface area contributed by atoms with Crippen molar-refractivity contribution in [3.63, 3.8) is 0 Å². The van der Waals surface area contributed by atoms with Gasteiger partial charge in [0.25, 0.3) is 0 Å². The molecule has 0 aliphatic heterocycles. The molecule has 1 unspecified atom stereocenters. The summed E-state index contributed by atoms with van der Waals surface area (Å²) in [6, 6.07) is 9.35. The molecule has 0 bridgehead atoms. The van der Waals surface area contributed by atoms with Gasteiger partial charge in [0, 0.05) is 12.8 Å². The molecule has 1 aromatic carbocycles. The maximum absolute atomic E-state index is 10.2. The fraction of sp³-hybridized carbons (Fsp3) is 0.231. The molecule has 2 rings (SSSR count). The standard InChI is InChI=1S/C13H14O3/c14-11-7-4-8-13(16,12(11)15)9-10-5-2-1-3-6-10/h1-6,8,14-16H,7,9H2. The van der Waals surface area contributed by atoms with Gasteiger partial charge in [0.05, 0.1) is 0 Å². The van der Waals surface area contributed by atoms with Crippen LogP contribution in [0.25, 0.3) is 0 Å². The second kappa shape index (κ2) is 4.02. The van der Waals surface area contributed by atoms with Gasteiger partial charge in [-0.3, -0.25) is 0 Å². The molecule has 3 N–H and O–H groups in total. The number of benzene rings is 1. The Labute approximate surface area is 94.0 Å². The zero-order valence-electron chi connectivity index (χ0n) is 8.80. The first-order valence-electron chi connectivity index (χ1n) is 5.17. The lowest BCUT2D eigenvalue weighted by molar-refractivity contribution is 0.0670. The Morgan fingerprint density at radius 3 is 2.50 bits per heavy atom. The van der Waals surface area contributed by atoms with Crippen LogP contribution in [0.4, 0.5) is 0 Å². The molecule has 84 valence electrons. The van der Waals surface area contributed by atoms with Gasteiger partial charge < -0.3 is 15.3 Å². The Bertz CT molecular complexity index is 434. The van der Waals surface area contributed by atoms with Crippen molar-refractivity contribution in [2.24, 2.45) is 0 Å². The highest BCUT2D eigenvalue weighted by Crippen LogP contribution is 2.28. The van der Waals surface area contributed by atoms with Crippen LogP contribution in [0.5, 0.6) is 0 Å². The predicted molar refractivity (Wildman–Crippen MR) is 61.1 cm³/mol. The highest BCUT2D eigenvalue weighted by Gasteiger charge is 2.34. The number of rotatable bonds is 2. The third-order valence-corrected chi connectivity index (χ3v) is 2.70. The largest absolute Gasteiger partial charge is 0.508 e. The molecule has 0 spiro atoms. The smallest absolute Gasteiger partial charge is 0.166 e. The summed E-state index contributed by atoms with van der Waals surface area (Å²) in [6.07, 6.45) is 3.69. The van der Waals surface area contributed by atoms with E-state index in [-0.39, 0.29) is 24.4 Å². The van der Waals surface area contributed by atoms with Gasteiger partial charge in [-0.25, -0.2) is 0 Å². The Kier molecular flexibility index (Phi) is 2.71. The van der Waals surface area contributed by atoms with Crippen molar-refractivity contribution >= 4 is 0 Å². The van der Waals surface area contributed by atoms with E-state index in [1.807, 2.05) is 30.3 Å². The van der Waals surface area contributed by atoms with Crippen molar-refractivity contribution in [1.29, 1.82) is 0 Å². The lowest BCUT2D eigenvalue weighted by Gasteiger charge is -2.27. The molecular formula is C13H14O3. The lowest BCUT2D eigenvalue weighted by atomic mass is 9.88. The van der Waals surface area contributed by atoms with Crippen molar-refractivity contribution in [1.82, 2.24) is 0 Å². The van der Waals surface area contributed by atoms with E-state index in [4.69, 9.17) is 0 Å². The van der Waals surface area contributed by atoms with E-state index in [0.29, 0.717) is 0 Å². The number of allylic oxidation sites excluding steroid dienone is 1. The van der Waals surface area contributed by atoms with Crippen molar-refractivity contribution in [2.75, 3.05) is 0 Å². The molecule has 0 amide bonds. The summed E-state index contributed by atoms with van der Waals surface area (Å²) in [5, 5.41) is 29.3. The van der Waals surface area contributed by atoms with E-state index in [1.165, 1.54) is 6.08 Å². The molecule has 0 fully saturated rings. The monoisotopic (exact) mass is 218 g/mol. The molecule has 1 aliphatic rings. The van der Waals surface area contributed by atoms with Gasteiger partial charge in [0.15, 0.2) is 5.76 Å². The summed E-state index contributed by atoms with van der Waals surface area (Å²) < 4.78 is 0. The average Bonchev–Trinajstić information content (AvgIpc) is 2.27. The van der Waals surface area contributed by atoms with Gasteiger partial charge in [0.1, 0.15) is 11.4 Å². The molecule has 3 heteroatoms. The minimum atomic E-state index is -1.48. The molecule has 3 nitrogen and oxygen atoms in total. The first-order valence-corrected chi connectivity index (χ1v) is 5.17. The van der Waals surface area contributed by atoms with Gasteiger partial charge in [-0.2, -0.15) is 0 Å². The van der Waals surface area contributed by atoms with Crippen LogP contribution in [-0.4, -0.2) is 20.9 Å². The third-order valence-electron chi connectivity index (χ3n) is 2.70. The van der Waals surface area contributed by atoms with Gasteiger partial charge in [-0.1, -0.05) is 36.4 Å². The van der Waals surface area contributed by atoms with Crippen LogP contribution in [0.1, 0.15) is 12.0 Å². The molecule has 0 saturated heterocycles. The van der Waals surface area contributed by atoms with Gasteiger partial charge >= 0.3 is 0 Å². The SMILES string of the molecule is OC1=C(O)C(O)(Cc2ccccc2)C=CC1. The fourth-order valence-electron chi connectivity index (χ4n) is 1.84. The Hall–Kier alpha value is -1.74. The summed E-state index contributed by atoms with van der Waals surface area (Å²) in [5.74, 6) is -0.514. The normalized spacial score (nSPS) is 24.8. The van der Waals surface area contributed by atoms with Crippen molar-refractivity contribution < 1.29 is 15.3 Å². The summed E-state index contributed by atoms with van der Waals surface area (Å²) >= 11 is 0. The van der Waals surface area contributed by atoms with Gasteiger partial charge in [-0.15, -0.1) is 0 Å². The molecule has 0 radical (unpaired) electrons. The molecule has 16 heavy (non-hydrogen) atoms. The first kappa shape index (κ1) is 10.8. The molecule has 0 saturated carbocycles. The van der Waals surface area contributed by atoms with E-state index < -0.39 is 5.60 Å². The second-order valence-corrected chi connectivity index (χ2v) is 3.99. The molecule has 0 heterocycles. The van der Waals surface area contributed by atoms with Gasteiger partial charge in [-0.05, 0) is 11.6 Å². The number of aliphatic hydroxyl groups is 3. The maximum atomic E-state index is 10.2.